The van der Waals surface area contributed by atoms with Gasteiger partial charge in [0.15, 0.2) is 5.96 Å². The Bertz CT molecular complexity index is 144. The number of hydrogen-bond donors (Lipinski definition) is 2. The first-order valence-corrected chi connectivity index (χ1v) is 3.22. The summed E-state index contributed by atoms with van der Waals surface area (Å²) in [5.74, 6) is 0.415. The van der Waals surface area contributed by atoms with Gasteiger partial charge in [-0.1, -0.05) is 0 Å². The summed E-state index contributed by atoms with van der Waals surface area (Å²) < 4.78 is 0. The first-order valence-electron chi connectivity index (χ1n) is 3.22. The minimum Gasteiger partial charge on any atom is -0.370 e. The Labute approximate surface area is 60.7 Å². The largest absolute Gasteiger partial charge is 0.370 e. The molecule has 0 heterocycles. The maximum absolute atomic E-state index is 8.13. The molecule has 56 valence electrons. The van der Waals surface area contributed by atoms with Crippen LogP contribution in [0.5, 0.6) is 0 Å². The minimum atomic E-state index is 0.415. The zero-order valence-corrected chi connectivity index (χ0v) is 6.09. The second kappa shape index (κ2) is 5.89. The van der Waals surface area contributed by atoms with Gasteiger partial charge in [0, 0.05) is 6.54 Å². The summed E-state index contributed by atoms with van der Waals surface area (Å²) in [6.45, 7) is 3.18. The van der Waals surface area contributed by atoms with Crippen molar-refractivity contribution in [2.75, 3.05) is 13.1 Å². The van der Waals surface area contributed by atoms with Crippen LogP contribution in [0.4, 0.5) is 0 Å². The summed E-state index contributed by atoms with van der Waals surface area (Å²) in [6, 6.07) is 1.97. The van der Waals surface area contributed by atoms with Crippen LogP contribution in [0.25, 0.3) is 0 Å². The number of nitrogens with one attached hydrogen (secondary N) is 1. The molecule has 0 aliphatic carbocycles. The van der Waals surface area contributed by atoms with E-state index in [1.807, 2.05) is 13.0 Å². The fraction of sp³-hybridized carbons (Fsp3) is 0.667. The molecule has 0 spiro atoms. The van der Waals surface area contributed by atoms with Crippen LogP contribution in [-0.4, -0.2) is 19.0 Å². The van der Waals surface area contributed by atoms with Crippen molar-refractivity contribution in [3.8, 4) is 6.07 Å². The number of nitrogens with zero attached hydrogens (tertiary/aromatic N) is 2. The summed E-state index contributed by atoms with van der Waals surface area (Å²) in [5.41, 5.74) is 5.35. The lowest BCUT2D eigenvalue weighted by molar-refractivity contribution is 0.919. The molecule has 0 aromatic carbocycles. The van der Waals surface area contributed by atoms with Crippen molar-refractivity contribution >= 4 is 5.96 Å². The molecule has 0 aliphatic heterocycles. The van der Waals surface area contributed by atoms with Crippen molar-refractivity contribution in [1.82, 2.24) is 5.32 Å². The maximum atomic E-state index is 8.13. The summed E-state index contributed by atoms with van der Waals surface area (Å²) in [6.07, 6.45) is 0.423. The van der Waals surface area contributed by atoms with E-state index < -0.39 is 0 Å². The lowest BCUT2D eigenvalue weighted by atomic mass is 10.5. The predicted molar refractivity (Wildman–Crippen MR) is 40.4 cm³/mol. The smallest absolute Gasteiger partial charge is 0.188 e. The molecule has 0 fully saturated rings. The zero-order valence-electron chi connectivity index (χ0n) is 6.09. The molecule has 0 unspecified atom stereocenters. The van der Waals surface area contributed by atoms with Crippen molar-refractivity contribution in [2.45, 2.75) is 13.3 Å². The topological polar surface area (TPSA) is 74.2 Å². The van der Waals surface area contributed by atoms with Crippen LogP contribution in [-0.2, 0) is 0 Å². The van der Waals surface area contributed by atoms with E-state index in [1.165, 1.54) is 0 Å². The van der Waals surface area contributed by atoms with Crippen LogP contribution in [0.2, 0.25) is 0 Å². The van der Waals surface area contributed by atoms with E-state index in [-0.39, 0.29) is 0 Å². The SMILES string of the molecule is CCNC(N)=NCCC#N. The molecule has 0 aromatic rings. The van der Waals surface area contributed by atoms with E-state index in [2.05, 4.69) is 10.3 Å². The quantitative estimate of drug-likeness (QED) is 0.324. The average molecular weight is 140 g/mol. The molecule has 0 radical (unpaired) electrons. The highest BCUT2D eigenvalue weighted by Gasteiger charge is 1.84. The Balaban J connectivity index is 3.39. The fourth-order valence-corrected chi connectivity index (χ4v) is 0.463. The fourth-order valence-electron chi connectivity index (χ4n) is 0.463. The molecular formula is C6H12N4. The molecule has 10 heavy (non-hydrogen) atoms. The normalized spacial score (nSPS) is 10.6. The molecule has 0 saturated heterocycles. The third kappa shape index (κ3) is 4.91. The Morgan fingerprint density at radius 1 is 1.80 bits per heavy atom. The van der Waals surface area contributed by atoms with Crippen LogP contribution >= 0.6 is 0 Å². The van der Waals surface area contributed by atoms with Gasteiger partial charge < -0.3 is 11.1 Å². The highest BCUT2D eigenvalue weighted by atomic mass is 15.1. The van der Waals surface area contributed by atoms with Gasteiger partial charge in [-0.25, -0.2) is 0 Å². The van der Waals surface area contributed by atoms with Crippen molar-refractivity contribution in [3.05, 3.63) is 0 Å². The van der Waals surface area contributed by atoms with Gasteiger partial charge in [0.05, 0.1) is 19.0 Å². The van der Waals surface area contributed by atoms with E-state index in [9.17, 15) is 0 Å². The first kappa shape index (κ1) is 8.76. The zero-order chi connectivity index (χ0) is 7.82. The number of nitriles is 1. The van der Waals surface area contributed by atoms with Gasteiger partial charge in [0.1, 0.15) is 0 Å². The number of aliphatic imine (C=N–C) groups is 1. The van der Waals surface area contributed by atoms with Gasteiger partial charge in [-0.2, -0.15) is 5.26 Å². The van der Waals surface area contributed by atoms with Crippen LogP contribution in [0.15, 0.2) is 4.99 Å². The molecule has 4 nitrogen and oxygen atoms in total. The van der Waals surface area contributed by atoms with Crippen molar-refractivity contribution < 1.29 is 0 Å². The van der Waals surface area contributed by atoms with E-state index in [0.717, 1.165) is 6.54 Å². The van der Waals surface area contributed by atoms with Gasteiger partial charge in [-0.15, -0.1) is 0 Å². The average Bonchev–Trinajstić information content (AvgIpc) is 1.89. The Kier molecular flexibility index (Phi) is 5.16. The Morgan fingerprint density at radius 2 is 2.50 bits per heavy atom. The molecular weight excluding hydrogens is 128 g/mol. The van der Waals surface area contributed by atoms with Crippen LogP contribution in [0.3, 0.4) is 0 Å². The highest BCUT2D eigenvalue weighted by molar-refractivity contribution is 5.77. The van der Waals surface area contributed by atoms with E-state index in [0.29, 0.717) is 18.9 Å². The summed E-state index contributed by atoms with van der Waals surface area (Å²) >= 11 is 0. The molecule has 0 amide bonds. The van der Waals surface area contributed by atoms with Crippen LogP contribution in [0.1, 0.15) is 13.3 Å². The third-order valence-corrected chi connectivity index (χ3v) is 0.864. The molecule has 0 bridgehead atoms. The highest BCUT2D eigenvalue weighted by Crippen LogP contribution is 1.75. The number of guanidine groups is 1. The van der Waals surface area contributed by atoms with E-state index in [1.54, 1.807) is 0 Å². The number of rotatable bonds is 3. The van der Waals surface area contributed by atoms with Gasteiger partial charge in [0.2, 0.25) is 0 Å². The maximum Gasteiger partial charge on any atom is 0.188 e. The van der Waals surface area contributed by atoms with Gasteiger partial charge in [-0.3, -0.25) is 4.99 Å². The molecule has 0 aliphatic rings. The first-order chi connectivity index (χ1) is 4.81. The predicted octanol–water partition coefficient (Wildman–Crippen LogP) is -0.176. The Hall–Kier alpha value is -1.24. The molecule has 0 atom stereocenters. The van der Waals surface area contributed by atoms with Gasteiger partial charge in [-0.05, 0) is 6.92 Å². The van der Waals surface area contributed by atoms with E-state index in [4.69, 9.17) is 11.0 Å². The summed E-state index contributed by atoms with van der Waals surface area (Å²) in [7, 11) is 0. The number of hydrogen-bond acceptors (Lipinski definition) is 2. The molecule has 3 N–H and O–H groups in total. The number of nitrogens with two attached hydrogens (primary N) is 1. The second-order valence-electron chi connectivity index (χ2n) is 1.71. The van der Waals surface area contributed by atoms with Crippen molar-refractivity contribution in [1.29, 1.82) is 5.26 Å². The monoisotopic (exact) mass is 140 g/mol. The van der Waals surface area contributed by atoms with Gasteiger partial charge >= 0.3 is 0 Å². The van der Waals surface area contributed by atoms with Gasteiger partial charge in [0.25, 0.3) is 0 Å². The standard InChI is InChI=1S/C6H12N4/c1-2-9-6(8)10-5-3-4-7/h2-3,5H2,1H3,(H3,8,9,10). The molecule has 4 heteroatoms. The lowest BCUT2D eigenvalue weighted by Crippen LogP contribution is -2.31. The van der Waals surface area contributed by atoms with Crippen LogP contribution in [0, 0.1) is 11.3 Å². The van der Waals surface area contributed by atoms with Crippen molar-refractivity contribution in [3.63, 3.8) is 0 Å². The summed E-state index contributed by atoms with van der Waals surface area (Å²) in [5, 5.41) is 11.0. The van der Waals surface area contributed by atoms with Crippen molar-refractivity contribution in [2.24, 2.45) is 10.7 Å². The minimum absolute atomic E-state index is 0.415. The second-order valence-corrected chi connectivity index (χ2v) is 1.71. The Morgan fingerprint density at radius 3 is 3.00 bits per heavy atom. The molecule has 0 saturated carbocycles. The van der Waals surface area contributed by atoms with E-state index >= 15 is 0 Å². The van der Waals surface area contributed by atoms with Crippen LogP contribution < -0.4 is 11.1 Å². The molecule has 0 aromatic heterocycles. The molecule has 0 rings (SSSR count). The summed E-state index contributed by atoms with van der Waals surface area (Å²) in [4.78, 5) is 3.86. The third-order valence-electron chi connectivity index (χ3n) is 0.864. The lowest BCUT2D eigenvalue weighted by Gasteiger charge is -1.98.